The Morgan fingerprint density at radius 1 is 1.16 bits per heavy atom. The number of esters is 1. The van der Waals surface area contributed by atoms with E-state index in [1.165, 1.54) is 11.3 Å². The number of nitrogens with zero attached hydrogens (tertiary/aromatic N) is 3. The van der Waals surface area contributed by atoms with Crippen LogP contribution in [0.15, 0.2) is 60.7 Å². The van der Waals surface area contributed by atoms with Gasteiger partial charge in [0, 0.05) is 5.39 Å². The Hall–Kier alpha value is -3.96. The Morgan fingerprint density at radius 2 is 1.90 bits per heavy atom. The molecule has 0 unspecified atom stereocenters. The van der Waals surface area contributed by atoms with Crippen LogP contribution in [0, 0.1) is 18.3 Å². The molecule has 2 aromatic heterocycles. The number of aryl methyl sites for hydroxylation is 1. The fourth-order valence-corrected chi connectivity index (χ4v) is 4.21. The Morgan fingerprint density at radius 3 is 2.68 bits per heavy atom. The second-order valence-electron chi connectivity index (χ2n) is 6.84. The molecule has 0 saturated carbocycles. The van der Waals surface area contributed by atoms with Crippen molar-refractivity contribution in [2.75, 3.05) is 11.9 Å². The fraction of sp³-hybridized carbons (Fsp3) is 0.130. The molecule has 31 heavy (non-hydrogen) atoms. The normalized spacial score (nSPS) is 10.6. The molecule has 8 heteroatoms. The van der Waals surface area contributed by atoms with E-state index >= 15 is 0 Å². The van der Waals surface area contributed by atoms with Crippen molar-refractivity contribution in [3.63, 3.8) is 0 Å². The second kappa shape index (κ2) is 8.81. The van der Waals surface area contributed by atoms with Crippen molar-refractivity contribution < 1.29 is 14.3 Å². The van der Waals surface area contributed by atoms with Gasteiger partial charge in [0.25, 0.3) is 5.91 Å². The molecule has 1 amide bonds. The lowest BCUT2D eigenvalue weighted by atomic mass is 10.2. The third-order valence-electron chi connectivity index (χ3n) is 4.64. The molecular weight excluding hydrogens is 412 g/mol. The number of fused-ring (bicyclic) bond motifs is 1. The standard InChI is InChI=1S/C23H18N4O3S/c1-15-18-11-20(31-22(18)27(26-15)13-16-7-3-2-4-8-16)23(29)30-14-21(28)25-19-10-6-5-9-17(19)12-24/h2-11H,13-14H2,1H3,(H,25,28). The van der Waals surface area contributed by atoms with E-state index in [0.29, 0.717) is 22.7 Å². The van der Waals surface area contributed by atoms with Crippen LogP contribution in [0.4, 0.5) is 5.69 Å². The average molecular weight is 430 g/mol. The van der Waals surface area contributed by atoms with E-state index in [2.05, 4.69) is 10.4 Å². The van der Waals surface area contributed by atoms with Gasteiger partial charge >= 0.3 is 5.97 Å². The number of aromatic nitrogens is 2. The minimum Gasteiger partial charge on any atom is -0.451 e. The Balaban J connectivity index is 1.44. The van der Waals surface area contributed by atoms with Gasteiger partial charge in [-0.15, -0.1) is 11.3 Å². The number of carbonyl (C=O) groups is 2. The summed E-state index contributed by atoms with van der Waals surface area (Å²) in [5, 5.41) is 17.1. The molecule has 154 valence electrons. The highest BCUT2D eigenvalue weighted by Crippen LogP contribution is 2.29. The third kappa shape index (κ3) is 4.47. The summed E-state index contributed by atoms with van der Waals surface area (Å²) in [4.78, 5) is 25.9. The molecule has 2 heterocycles. The number of nitrogens with one attached hydrogen (secondary N) is 1. The van der Waals surface area contributed by atoms with Crippen molar-refractivity contribution >= 4 is 39.1 Å². The number of thiophene rings is 1. The summed E-state index contributed by atoms with van der Waals surface area (Å²) in [5.41, 5.74) is 2.65. The molecule has 0 spiro atoms. The zero-order chi connectivity index (χ0) is 21.8. The Labute approximate surface area is 182 Å². The molecule has 2 aromatic carbocycles. The number of benzene rings is 2. The van der Waals surface area contributed by atoms with E-state index < -0.39 is 18.5 Å². The zero-order valence-electron chi connectivity index (χ0n) is 16.7. The summed E-state index contributed by atoms with van der Waals surface area (Å²) >= 11 is 1.28. The van der Waals surface area contributed by atoms with Crippen LogP contribution in [-0.2, 0) is 16.1 Å². The number of anilines is 1. The highest BCUT2D eigenvalue weighted by molar-refractivity contribution is 7.20. The van der Waals surface area contributed by atoms with Crippen LogP contribution in [0.5, 0.6) is 0 Å². The number of nitriles is 1. The fourth-order valence-electron chi connectivity index (χ4n) is 3.15. The van der Waals surface area contributed by atoms with Crippen molar-refractivity contribution in [2.24, 2.45) is 0 Å². The van der Waals surface area contributed by atoms with Crippen molar-refractivity contribution in [3.05, 3.63) is 82.4 Å². The summed E-state index contributed by atoms with van der Waals surface area (Å²) < 4.78 is 7.05. The van der Waals surface area contributed by atoms with Crippen LogP contribution >= 0.6 is 11.3 Å². The number of amides is 1. The van der Waals surface area contributed by atoms with Crippen LogP contribution in [0.25, 0.3) is 10.2 Å². The van der Waals surface area contributed by atoms with Crippen LogP contribution in [-0.4, -0.2) is 28.3 Å². The first-order valence-corrected chi connectivity index (χ1v) is 10.3. The Kier molecular flexibility index (Phi) is 5.78. The highest BCUT2D eigenvalue weighted by atomic mass is 32.1. The zero-order valence-corrected chi connectivity index (χ0v) is 17.5. The van der Waals surface area contributed by atoms with Gasteiger partial charge in [-0.3, -0.25) is 9.48 Å². The van der Waals surface area contributed by atoms with Crippen molar-refractivity contribution in [3.8, 4) is 6.07 Å². The molecule has 0 radical (unpaired) electrons. The monoisotopic (exact) mass is 430 g/mol. The lowest BCUT2D eigenvalue weighted by Gasteiger charge is -2.07. The van der Waals surface area contributed by atoms with Gasteiger partial charge in [-0.25, -0.2) is 4.79 Å². The molecule has 7 nitrogen and oxygen atoms in total. The van der Waals surface area contributed by atoms with Gasteiger partial charge < -0.3 is 10.1 Å². The molecule has 4 rings (SSSR count). The predicted octanol–water partition coefficient (Wildman–Crippen LogP) is 4.12. The SMILES string of the molecule is Cc1nn(Cc2ccccc2)c2sc(C(=O)OCC(=O)Nc3ccccc3C#N)cc12. The van der Waals surface area contributed by atoms with Gasteiger partial charge in [0.15, 0.2) is 6.61 Å². The van der Waals surface area contributed by atoms with Crippen LogP contribution in [0.1, 0.15) is 26.5 Å². The number of hydrogen-bond donors (Lipinski definition) is 1. The maximum Gasteiger partial charge on any atom is 0.348 e. The molecule has 0 aliphatic heterocycles. The largest absolute Gasteiger partial charge is 0.451 e. The van der Waals surface area contributed by atoms with Crippen molar-refractivity contribution in [1.29, 1.82) is 5.26 Å². The number of rotatable bonds is 6. The maximum atomic E-state index is 12.5. The van der Waals surface area contributed by atoms with Gasteiger partial charge in [-0.2, -0.15) is 10.4 Å². The summed E-state index contributed by atoms with van der Waals surface area (Å²) in [6.07, 6.45) is 0. The molecule has 0 fully saturated rings. The topological polar surface area (TPSA) is 97.0 Å². The van der Waals surface area contributed by atoms with Crippen LogP contribution < -0.4 is 5.32 Å². The molecular formula is C23H18N4O3S. The van der Waals surface area contributed by atoms with Gasteiger partial charge in [0.1, 0.15) is 15.8 Å². The average Bonchev–Trinajstić information content (AvgIpc) is 3.34. The molecule has 4 aromatic rings. The third-order valence-corrected chi connectivity index (χ3v) is 5.77. The van der Waals surface area contributed by atoms with Gasteiger partial charge in [0.05, 0.1) is 23.5 Å². The number of hydrogen-bond acceptors (Lipinski definition) is 6. The van der Waals surface area contributed by atoms with Gasteiger partial charge in [0.2, 0.25) is 0 Å². The van der Waals surface area contributed by atoms with E-state index in [-0.39, 0.29) is 0 Å². The molecule has 0 aliphatic carbocycles. The lowest BCUT2D eigenvalue weighted by molar-refractivity contribution is -0.119. The van der Waals surface area contributed by atoms with E-state index in [1.54, 1.807) is 30.3 Å². The first kappa shape index (κ1) is 20.3. The number of carbonyl (C=O) groups excluding carboxylic acids is 2. The maximum absolute atomic E-state index is 12.5. The molecule has 0 saturated heterocycles. The van der Waals surface area contributed by atoms with Crippen LogP contribution in [0.3, 0.4) is 0 Å². The van der Waals surface area contributed by atoms with E-state index in [9.17, 15) is 9.59 Å². The van der Waals surface area contributed by atoms with Gasteiger partial charge in [-0.1, -0.05) is 42.5 Å². The van der Waals surface area contributed by atoms with Crippen LogP contribution in [0.2, 0.25) is 0 Å². The number of ether oxygens (including phenoxy) is 1. The smallest absolute Gasteiger partial charge is 0.348 e. The van der Waals surface area contributed by atoms with E-state index in [1.807, 2.05) is 48.0 Å². The summed E-state index contributed by atoms with van der Waals surface area (Å²) in [6.45, 7) is 2.05. The minimum atomic E-state index is -0.574. The van der Waals surface area contributed by atoms with Crippen molar-refractivity contribution in [1.82, 2.24) is 9.78 Å². The molecule has 0 aliphatic rings. The first-order valence-electron chi connectivity index (χ1n) is 9.52. The molecule has 1 N–H and O–H groups in total. The van der Waals surface area contributed by atoms with E-state index in [0.717, 1.165) is 21.5 Å². The Bertz CT molecular complexity index is 1300. The van der Waals surface area contributed by atoms with E-state index in [4.69, 9.17) is 10.00 Å². The summed E-state index contributed by atoms with van der Waals surface area (Å²) in [6, 6.07) is 20.3. The van der Waals surface area contributed by atoms with Crippen molar-refractivity contribution in [2.45, 2.75) is 13.5 Å². The second-order valence-corrected chi connectivity index (χ2v) is 7.87. The quantitative estimate of drug-likeness (QED) is 0.464. The predicted molar refractivity (Wildman–Crippen MR) is 118 cm³/mol. The molecule has 0 bridgehead atoms. The van der Waals surface area contributed by atoms with Gasteiger partial charge in [-0.05, 0) is 30.7 Å². The summed E-state index contributed by atoms with van der Waals surface area (Å²) in [5.74, 6) is -1.08. The summed E-state index contributed by atoms with van der Waals surface area (Å²) in [7, 11) is 0. The highest BCUT2D eigenvalue weighted by Gasteiger charge is 2.18. The minimum absolute atomic E-state index is 0.338. The first-order chi connectivity index (χ1) is 15.0. The molecule has 0 atom stereocenters. The lowest BCUT2D eigenvalue weighted by Crippen LogP contribution is -2.21. The number of para-hydroxylation sites is 1.